The van der Waals surface area contributed by atoms with Crippen molar-refractivity contribution in [1.82, 2.24) is 10.2 Å². The number of methoxy groups -OCH3 is 1. The van der Waals surface area contributed by atoms with Crippen LogP contribution in [0.4, 0.5) is 0 Å². The van der Waals surface area contributed by atoms with E-state index in [4.69, 9.17) is 20.6 Å². The van der Waals surface area contributed by atoms with Crippen LogP contribution in [0, 0.1) is 0 Å². The number of nitrogens with one attached hydrogen (secondary N) is 1. The highest BCUT2D eigenvalue weighted by molar-refractivity contribution is 8.12. The van der Waals surface area contributed by atoms with Crippen molar-refractivity contribution in [2.75, 3.05) is 24.9 Å². The number of carbonyl (C=O) groups excluding carboxylic acids is 3. The highest BCUT2D eigenvalue weighted by atomic mass is 35.5. The molecule has 0 radical (unpaired) electrons. The Labute approximate surface area is 256 Å². The van der Waals surface area contributed by atoms with Crippen molar-refractivity contribution in [1.29, 1.82) is 0 Å². The van der Waals surface area contributed by atoms with Crippen LogP contribution in [0.5, 0.6) is 5.75 Å². The van der Waals surface area contributed by atoms with Crippen LogP contribution in [0.2, 0.25) is 0 Å². The standard InChI is InChI=1S/C26H28N4O5S4.ClH/c1-34-17-9-7-15(8-10-17)11-35-25(33)22-19(39-18-6-4-3-5-16(18)12-38-26(27)28)13-37-24-21(23(32)30(22)24)29-20(31)14-36-2;/h3-10,21,24H,11-14H2,1-2H3,(H3,27,28)(H,29,31);1H/t21-,24-;/m1./s1. The van der Waals surface area contributed by atoms with Crippen LogP contribution in [0.15, 0.2) is 64.0 Å². The van der Waals surface area contributed by atoms with E-state index in [1.54, 1.807) is 19.2 Å². The Kier molecular flexibility index (Phi) is 12.0. The van der Waals surface area contributed by atoms with Gasteiger partial charge in [0.15, 0.2) is 0 Å². The monoisotopic (exact) mass is 640 g/mol. The van der Waals surface area contributed by atoms with Gasteiger partial charge in [0.1, 0.15) is 29.5 Å². The Morgan fingerprint density at radius 3 is 2.60 bits per heavy atom. The van der Waals surface area contributed by atoms with E-state index in [2.05, 4.69) is 5.32 Å². The molecule has 2 aromatic carbocycles. The van der Waals surface area contributed by atoms with E-state index in [-0.39, 0.29) is 52.8 Å². The summed E-state index contributed by atoms with van der Waals surface area (Å²) in [6.45, 7) is 0.0385. The van der Waals surface area contributed by atoms with Crippen LogP contribution in [-0.4, -0.2) is 64.1 Å². The number of β-lactam (4-membered cyclic amide) rings is 1. The van der Waals surface area contributed by atoms with E-state index in [1.165, 1.54) is 51.9 Å². The molecule has 2 atom stereocenters. The minimum absolute atomic E-state index is 0. The van der Waals surface area contributed by atoms with Gasteiger partial charge in [-0.2, -0.15) is 11.8 Å². The predicted molar refractivity (Wildman–Crippen MR) is 158 cm³/mol. The molecule has 1 fully saturated rings. The summed E-state index contributed by atoms with van der Waals surface area (Å²) in [4.78, 5) is 42.0. The second-order valence-corrected chi connectivity index (χ2v) is 12.6. The van der Waals surface area contributed by atoms with Gasteiger partial charge in [-0.15, -0.1) is 11.8 Å². The first-order valence-electron chi connectivity index (χ1n) is 11.8. The van der Waals surface area contributed by atoms with Gasteiger partial charge >= 0.3 is 5.97 Å². The number of benzene rings is 2. The number of thioether (sulfide) groups is 4. The molecule has 0 aliphatic carbocycles. The van der Waals surface area contributed by atoms with Crippen LogP contribution in [-0.2, 0) is 31.5 Å². The zero-order valence-corrected chi connectivity index (χ0v) is 25.8. The lowest BCUT2D eigenvalue weighted by molar-refractivity contribution is -0.153. The minimum atomic E-state index is -0.683. The largest absolute Gasteiger partial charge is 1.00 e. The lowest BCUT2D eigenvalue weighted by Gasteiger charge is -2.49. The lowest BCUT2D eigenvalue weighted by Crippen LogP contribution is -3.00. The summed E-state index contributed by atoms with van der Waals surface area (Å²) in [6, 6.07) is 14.3. The fourth-order valence-electron chi connectivity index (χ4n) is 3.96. The molecular formula is C26H29ClN4O5S4. The first kappa shape index (κ1) is 32.1. The van der Waals surface area contributed by atoms with Crippen LogP contribution < -0.4 is 33.6 Å². The summed E-state index contributed by atoms with van der Waals surface area (Å²) >= 11 is 5.64. The zero-order valence-electron chi connectivity index (χ0n) is 21.8. The van der Waals surface area contributed by atoms with Gasteiger partial charge < -0.3 is 27.2 Å². The predicted octanol–water partition coefficient (Wildman–Crippen LogP) is -1.18. The van der Waals surface area contributed by atoms with Crippen molar-refractivity contribution in [2.45, 2.75) is 28.7 Å². The topological polar surface area (TPSA) is 137 Å². The number of ether oxygens (including phenoxy) is 2. The molecule has 0 saturated carbocycles. The number of amides is 2. The highest BCUT2D eigenvalue weighted by Gasteiger charge is 2.54. The van der Waals surface area contributed by atoms with E-state index in [0.717, 1.165) is 16.0 Å². The highest BCUT2D eigenvalue weighted by Crippen LogP contribution is 2.46. The number of halogens is 1. The van der Waals surface area contributed by atoms with Gasteiger partial charge in [-0.25, -0.2) is 4.79 Å². The van der Waals surface area contributed by atoms with Gasteiger partial charge in [-0.1, -0.05) is 42.1 Å². The van der Waals surface area contributed by atoms with Crippen molar-refractivity contribution in [2.24, 2.45) is 5.73 Å². The third-order valence-corrected chi connectivity index (χ3v) is 9.85. The van der Waals surface area contributed by atoms with Crippen molar-refractivity contribution in [3.05, 3.63) is 70.3 Å². The van der Waals surface area contributed by atoms with Crippen LogP contribution >= 0.6 is 47.0 Å². The van der Waals surface area contributed by atoms with E-state index in [0.29, 0.717) is 22.2 Å². The summed E-state index contributed by atoms with van der Waals surface area (Å²) in [6.07, 6.45) is 1.82. The van der Waals surface area contributed by atoms with Crippen LogP contribution in [0.25, 0.3) is 0 Å². The Morgan fingerprint density at radius 2 is 1.93 bits per heavy atom. The molecule has 0 unspecified atom stereocenters. The van der Waals surface area contributed by atoms with E-state index in [1.807, 2.05) is 42.7 Å². The fourth-order valence-corrected chi connectivity index (χ4v) is 7.57. The molecule has 40 heavy (non-hydrogen) atoms. The molecule has 2 amide bonds. The first-order chi connectivity index (χ1) is 18.8. The van der Waals surface area contributed by atoms with E-state index >= 15 is 0 Å². The second-order valence-electron chi connectivity index (χ2n) is 8.48. The summed E-state index contributed by atoms with van der Waals surface area (Å²) in [7, 11) is 1.58. The van der Waals surface area contributed by atoms with Crippen molar-refractivity contribution in [3.8, 4) is 5.75 Å². The quantitative estimate of drug-likeness (QED) is 0.119. The molecule has 214 valence electrons. The molecule has 5 N–H and O–H groups in total. The Balaban J connectivity index is 0.00000441. The maximum absolute atomic E-state index is 13.5. The molecule has 2 aromatic rings. The van der Waals surface area contributed by atoms with Gasteiger partial charge in [0.25, 0.3) is 11.1 Å². The molecule has 0 aromatic heterocycles. The average Bonchev–Trinajstić information content (AvgIpc) is 2.94. The van der Waals surface area contributed by atoms with Crippen molar-refractivity contribution >= 4 is 70.0 Å². The molecule has 14 heteroatoms. The first-order valence-corrected chi connectivity index (χ1v) is 16.1. The maximum atomic E-state index is 13.5. The normalized spacial score (nSPS) is 17.8. The van der Waals surface area contributed by atoms with Crippen LogP contribution in [0.1, 0.15) is 11.1 Å². The number of nitrogens with two attached hydrogens (primary N) is 2. The zero-order chi connectivity index (χ0) is 27.9. The number of rotatable bonds is 11. The summed E-state index contributed by atoms with van der Waals surface area (Å²) in [5.74, 6) is 0.874. The number of hydrogen-bond donors (Lipinski definition) is 3. The molecule has 0 spiro atoms. The van der Waals surface area contributed by atoms with Gasteiger partial charge in [-0.05, 0) is 47.3 Å². The summed E-state index contributed by atoms with van der Waals surface area (Å²) in [5, 5.41) is 8.34. The number of hydrogen-bond acceptors (Lipinski definition) is 9. The van der Waals surface area contributed by atoms with Crippen molar-refractivity contribution in [3.63, 3.8) is 0 Å². The Morgan fingerprint density at radius 1 is 1.20 bits per heavy atom. The molecule has 4 rings (SSSR count). The Hall–Kier alpha value is -2.45. The molecule has 2 heterocycles. The molecular weight excluding hydrogens is 612 g/mol. The minimum Gasteiger partial charge on any atom is -1.00 e. The van der Waals surface area contributed by atoms with Crippen molar-refractivity contribution < 1.29 is 41.7 Å². The smallest absolute Gasteiger partial charge is 0.356 e. The van der Waals surface area contributed by atoms with Crippen LogP contribution in [0.3, 0.4) is 0 Å². The van der Waals surface area contributed by atoms with Gasteiger partial charge in [-0.3, -0.25) is 25.6 Å². The maximum Gasteiger partial charge on any atom is 0.356 e. The number of esters is 1. The fraction of sp³-hybridized carbons (Fsp3) is 0.308. The summed E-state index contributed by atoms with van der Waals surface area (Å²) in [5.41, 5.74) is 7.66. The third-order valence-electron chi connectivity index (χ3n) is 5.85. The Bertz CT molecular complexity index is 1290. The average molecular weight is 641 g/mol. The third kappa shape index (κ3) is 7.64. The van der Waals surface area contributed by atoms with Gasteiger partial charge in [0.2, 0.25) is 5.91 Å². The van der Waals surface area contributed by atoms with Gasteiger partial charge in [0, 0.05) is 21.3 Å². The molecule has 2 aliphatic heterocycles. The summed E-state index contributed by atoms with van der Waals surface area (Å²) < 4.78 is 10.9. The molecule has 9 nitrogen and oxygen atoms in total. The number of nitrogens with zero attached hydrogens (tertiary/aromatic N) is 1. The lowest BCUT2D eigenvalue weighted by atomic mass is 10.1. The second kappa shape index (κ2) is 15.0. The number of carbonyl (C=O) groups is 3. The van der Waals surface area contributed by atoms with E-state index < -0.39 is 12.0 Å². The van der Waals surface area contributed by atoms with E-state index in [9.17, 15) is 14.4 Å². The van der Waals surface area contributed by atoms with Gasteiger partial charge in [0.05, 0.1) is 12.9 Å². The molecule has 1 saturated heterocycles. The molecule has 0 bridgehead atoms. The molecule has 2 aliphatic rings. The number of amidine groups is 1. The SMILES string of the molecule is COc1ccc(COC(=O)C2=C(Sc3ccccc3CSC(N)=[NH2+])CS[C@@H]3[C@H](NC(=O)CSC)C(=O)N23)cc1.[Cl-]. The number of fused-ring (bicyclic) bond motifs is 1.